The van der Waals surface area contributed by atoms with Crippen LogP contribution in [0.25, 0.3) is 0 Å². The van der Waals surface area contributed by atoms with Gasteiger partial charge in [0.05, 0.1) is 12.7 Å². The van der Waals surface area contributed by atoms with Crippen LogP contribution in [0.15, 0.2) is 42.5 Å². The van der Waals surface area contributed by atoms with Gasteiger partial charge in [0.15, 0.2) is 18.2 Å². The Balaban J connectivity index is 1.77. The van der Waals surface area contributed by atoms with Crippen LogP contribution in [0.4, 0.5) is 17.6 Å². The lowest BCUT2D eigenvalue weighted by molar-refractivity contribution is -0.150. The van der Waals surface area contributed by atoms with Gasteiger partial charge in [-0.05, 0) is 42.0 Å². The Morgan fingerprint density at radius 1 is 1.06 bits per heavy atom. The van der Waals surface area contributed by atoms with Crippen molar-refractivity contribution in [2.75, 3.05) is 27.3 Å². The van der Waals surface area contributed by atoms with Gasteiger partial charge < -0.3 is 19.7 Å². The first-order valence-electron chi connectivity index (χ1n) is 9.18. The van der Waals surface area contributed by atoms with Gasteiger partial charge in [-0.15, -0.1) is 0 Å². The lowest BCUT2D eigenvalue weighted by Gasteiger charge is -2.17. The molecule has 0 aliphatic carbocycles. The number of hydrogen-bond donors (Lipinski definition) is 1. The number of alkyl halides is 3. The lowest BCUT2D eigenvalue weighted by atomic mass is 10.1. The number of nitrogens with zero attached hydrogens (tertiary/aromatic N) is 1. The second kappa shape index (κ2) is 10.6. The van der Waals surface area contributed by atoms with E-state index in [4.69, 9.17) is 9.47 Å². The van der Waals surface area contributed by atoms with Gasteiger partial charge in [0.2, 0.25) is 0 Å². The highest BCUT2D eigenvalue weighted by Gasteiger charge is 2.30. The molecule has 2 rings (SSSR count). The highest BCUT2D eigenvalue weighted by Crippen LogP contribution is 2.29. The summed E-state index contributed by atoms with van der Waals surface area (Å²) in [6.45, 7) is -1.13. The van der Waals surface area contributed by atoms with Crippen LogP contribution < -0.4 is 10.1 Å². The fourth-order valence-corrected chi connectivity index (χ4v) is 2.54. The molecule has 11 heteroatoms. The largest absolute Gasteiger partial charge is 0.494 e. The molecule has 32 heavy (non-hydrogen) atoms. The van der Waals surface area contributed by atoms with E-state index in [9.17, 15) is 31.9 Å². The molecule has 0 radical (unpaired) electrons. The van der Waals surface area contributed by atoms with Crippen molar-refractivity contribution in [2.45, 2.75) is 12.7 Å². The lowest BCUT2D eigenvalue weighted by Crippen LogP contribution is -2.34. The normalized spacial score (nSPS) is 10.9. The first-order valence-corrected chi connectivity index (χ1v) is 9.18. The molecule has 2 aromatic rings. The van der Waals surface area contributed by atoms with Crippen LogP contribution in [0.2, 0.25) is 0 Å². The fraction of sp³-hybridized carbons (Fsp3) is 0.286. The third-order valence-corrected chi connectivity index (χ3v) is 4.29. The minimum Gasteiger partial charge on any atom is -0.494 e. The first-order chi connectivity index (χ1) is 15.0. The van der Waals surface area contributed by atoms with E-state index in [1.807, 2.05) is 0 Å². The van der Waals surface area contributed by atoms with Gasteiger partial charge in [0.1, 0.15) is 6.54 Å². The van der Waals surface area contributed by atoms with Crippen LogP contribution in [0.5, 0.6) is 5.75 Å². The quantitative estimate of drug-likeness (QED) is 0.488. The third kappa shape index (κ3) is 6.96. The van der Waals surface area contributed by atoms with Gasteiger partial charge in [0, 0.05) is 19.2 Å². The number of carbonyl (C=O) groups excluding carboxylic acids is 3. The predicted octanol–water partition coefficient (Wildman–Crippen LogP) is 2.78. The molecule has 0 spiro atoms. The Kier molecular flexibility index (Phi) is 8.16. The number of amides is 2. The number of halogens is 4. The van der Waals surface area contributed by atoms with E-state index in [-0.39, 0.29) is 17.9 Å². The van der Waals surface area contributed by atoms with Gasteiger partial charge in [0.25, 0.3) is 11.8 Å². The Labute approximate surface area is 180 Å². The Hall–Kier alpha value is -3.63. The van der Waals surface area contributed by atoms with E-state index in [0.29, 0.717) is 5.56 Å². The third-order valence-electron chi connectivity index (χ3n) is 4.29. The number of benzene rings is 2. The molecule has 1 N–H and O–H groups in total. The number of nitrogens with one attached hydrogen (secondary N) is 1. The molecule has 172 valence electrons. The van der Waals surface area contributed by atoms with Crippen LogP contribution in [-0.4, -0.2) is 50.0 Å². The Morgan fingerprint density at radius 2 is 1.72 bits per heavy atom. The SMILES string of the molecule is COc1ccc(CN(C)C(=O)COC(=O)CNC(=O)c2ccc(C(F)(F)F)cc2)cc1F. The van der Waals surface area contributed by atoms with Crippen molar-refractivity contribution in [1.29, 1.82) is 0 Å². The maximum Gasteiger partial charge on any atom is 0.416 e. The zero-order chi connectivity index (χ0) is 23.9. The van der Waals surface area contributed by atoms with Crippen molar-refractivity contribution in [3.63, 3.8) is 0 Å². The van der Waals surface area contributed by atoms with Crippen molar-refractivity contribution in [3.8, 4) is 5.75 Å². The minimum absolute atomic E-state index is 0.0575. The summed E-state index contributed by atoms with van der Waals surface area (Å²) in [5, 5.41) is 2.19. The van der Waals surface area contributed by atoms with E-state index in [1.165, 1.54) is 31.2 Å². The zero-order valence-electron chi connectivity index (χ0n) is 17.2. The average Bonchev–Trinajstić information content (AvgIpc) is 2.75. The molecule has 7 nitrogen and oxygen atoms in total. The number of rotatable bonds is 8. The van der Waals surface area contributed by atoms with Gasteiger partial charge in [-0.3, -0.25) is 14.4 Å². The van der Waals surface area contributed by atoms with Gasteiger partial charge in [-0.25, -0.2) is 4.39 Å². The van der Waals surface area contributed by atoms with Crippen LogP contribution in [-0.2, 0) is 27.0 Å². The summed E-state index contributed by atoms with van der Waals surface area (Å²) in [6.07, 6.45) is -4.53. The van der Waals surface area contributed by atoms with Gasteiger partial charge >= 0.3 is 12.1 Å². The summed E-state index contributed by atoms with van der Waals surface area (Å²) in [4.78, 5) is 37.0. The van der Waals surface area contributed by atoms with Crippen LogP contribution >= 0.6 is 0 Å². The predicted molar refractivity (Wildman–Crippen MR) is 104 cm³/mol. The van der Waals surface area contributed by atoms with Crippen molar-refractivity contribution < 1.29 is 41.4 Å². The highest BCUT2D eigenvalue weighted by atomic mass is 19.4. The summed E-state index contributed by atoms with van der Waals surface area (Å²) in [5.74, 6) is -2.78. The highest BCUT2D eigenvalue weighted by molar-refractivity contribution is 5.96. The van der Waals surface area contributed by atoms with Crippen molar-refractivity contribution in [3.05, 3.63) is 65.0 Å². The molecule has 2 amide bonds. The summed E-state index contributed by atoms with van der Waals surface area (Å²) in [6, 6.07) is 7.66. The molecule has 0 aliphatic rings. The number of likely N-dealkylation sites (N-methyl/N-ethyl adjacent to an activating group) is 1. The molecule has 0 unspecified atom stereocenters. The Morgan fingerprint density at radius 3 is 2.28 bits per heavy atom. The number of methoxy groups -OCH3 is 1. The van der Waals surface area contributed by atoms with E-state index in [1.54, 1.807) is 6.07 Å². The minimum atomic E-state index is -4.53. The molecular weight excluding hydrogens is 436 g/mol. The number of ether oxygens (including phenoxy) is 2. The molecule has 0 aliphatic heterocycles. The topological polar surface area (TPSA) is 84.9 Å². The summed E-state index contributed by atoms with van der Waals surface area (Å²) < 4.78 is 60.9. The second-order valence-electron chi connectivity index (χ2n) is 6.64. The van der Waals surface area contributed by atoms with E-state index >= 15 is 0 Å². The van der Waals surface area contributed by atoms with Crippen LogP contribution in [0.3, 0.4) is 0 Å². The van der Waals surface area contributed by atoms with Crippen LogP contribution in [0, 0.1) is 5.82 Å². The van der Waals surface area contributed by atoms with E-state index in [2.05, 4.69) is 5.32 Å². The molecule has 0 atom stereocenters. The number of esters is 1. The molecular formula is C21H20F4N2O5. The molecule has 2 aromatic carbocycles. The average molecular weight is 456 g/mol. The number of carbonyl (C=O) groups is 3. The second-order valence-corrected chi connectivity index (χ2v) is 6.64. The Bertz CT molecular complexity index is 977. The van der Waals surface area contributed by atoms with Crippen molar-refractivity contribution in [2.24, 2.45) is 0 Å². The maximum absolute atomic E-state index is 13.7. The smallest absolute Gasteiger partial charge is 0.416 e. The maximum atomic E-state index is 13.7. The zero-order valence-corrected chi connectivity index (χ0v) is 17.2. The van der Waals surface area contributed by atoms with Crippen molar-refractivity contribution >= 4 is 17.8 Å². The molecule has 0 aromatic heterocycles. The van der Waals surface area contributed by atoms with E-state index in [0.717, 1.165) is 24.3 Å². The van der Waals surface area contributed by atoms with E-state index < -0.39 is 48.5 Å². The fourth-order valence-electron chi connectivity index (χ4n) is 2.54. The van der Waals surface area contributed by atoms with Gasteiger partial charge in [-0.2, -0.15) is 13.2 Å². The first kappa shape index (κ1) is 24.6. The summed E-state index contributed by atoms with van der Waals surface area (Å²) in [7, 11) is 2.76. The van der Waals surface area contributed by atoms with Crippen LogP contribution in [0.1, 0.15) is 21.5 Å². The standard InChI is InChI=1S/C21H20F4N2O5/c1-27(11-13-3-8-17(31-2)16(22)9-13)18(28)12-32-19(29)10-26-20(30)14-4-6-15(7-5-14)21(23,24)25/h3-9H,10-12H2,1-2H3,(H,26,30). The van der Waals surface area contributed by atoms with Gasteiger partial charge in [-0.1, -0.05) is 6.07 Å². The summed E-state index contributed by atoms with van der Waals surface area (Å²) >= 11 is 0. The van der Waals surface area contributed by atoms with Crippen molar-refractivity contribution in [1.82, 2.24) is 10.2 Å². The number of hydrogen-bond acceptors (Lipinski definition) is 5. The molecule has 0 fully saturated rings. The molecule has 0 saturated heterocycles. The molecule has 0 bridgehead atoms. The monoisotopic (exact) mass is 456 g/mol. The molecule has 0 heterocycles. The molecule has 0 saturated carbocycles. The summed E-state index contributed by atoms with van der Waals surface area (Å²) in [5.41, 5.74) is -0.490.